The molecule has 0 aliphatic carbocycles. The largest absolute Gasteiger partial charge is 0.480 e. The van der Waals surface area contributed by atoms with Crippen LogP contribution in [0.1, 0.15) is 0 Å². The molecule has 7 nitrogen and oxygen atoms in total. The maximum Gasteiger partial charge on any atom is 0.261 e. The van der Waals surface area contributed by atoms with Gasteiger partial charge in [-0.15, -0.1) is 10.2 Å². The minimum Gasteiger partial charge on any atom is -0.480 e. The summed E-state index contributed by atoms with van der Waals surface area (Å²) in [6, 6.07) is 7.45. The molecule has 8 heteroatoms. The zero-order valence-corrected chi connectivity index (χ0v) is 10.9. The lowest BCUT2D eigenvalue weighted by atomic mass is 10.2. The molecule has 0 aliphatic heterocycles. The second kappa shape index (κ2) is 5.16. The fourth-order valence-corrected chi connectivity index (χ4v) is 1.69. The second-order valence-electron chi connectivity index (χ2n) is 4.12. The van der Waals surface area contributed by atoms with E-state index in [-0.39, 0.29) is 17.3 Å². The molecular formula is C13H10FN5O2. The quantitative estimate of drug-likeness (QED) is 0.734. The average Bonchev–Trinajstić information content (AvgIpc) is 2.97. The van der Waals surface area contributed by atoms with Crippen LogP contribution >= 0.6 is 0 Å². The Morgan fingerprint density at radius 1 is 1.19 bits per heavy atom. The lowest BCUT2D eigenvalue weighted by Crippen LogP contribution is -1.93. The third-order valence-electron chi connectivity index (χ3n) is 2.73. The molecule has 2 aromatic heterocycles. The van der Waals surface area contributed by atoms with Gasteiger partial charge in [0.15, 0.2) is 0 Å². The number of hydrogen-bond acceptors (Lipinski definition) is 7. The molecule has 0 amide bonds. The number of halogens is 1. The zero-order chi connectivity index (χ0) is 14.8. The van der Waals surface area contributed by atoms with Crippen molar-refractivity contribution in [3.05, 3.63) is 36.1 Å². The Hall–Kier alpha value is -3.03. The van der Waals surface area contributed by atoms with Gasteiger partial charge in [0, 0.05) is 11.8 Å². The summed E-state index contributed by atoms with van der Waals surface area (Å²) < 4.78 is 23.7. The summed E-state index contributed by atoms with van der Waals surface area (Å²) in [5, 5.41) is 11.4. The number of nitrogens with zero attached hydrogens (tertiary/aromatic N) is 4. The third-order valence-corrected chi connectivity index (χ3v) is 2.73. The Labute approximate surface area is 118 Å². The fourth-order valence-electron chi connectivity index (χ4n) is 1.69. The highest BCUT2D eigenvalue weighted by molar-refractivity contribution is 5.60. The van der Waals surface area contributed by atoms with Gasteiger partial charge >= 0.3 is 0 Å². The molecule has 106 valence electrons. The van der Waals surface area contributed by atoms with E-state index in [1.807, 2.05) is 0 Å². The third kappa shape index (κ3) is 2.50. The Bertz CT molecular complexity index is 772. The highest BCUT2D eigenvalue weighted by atomic mass is 19.1. The molecule has 3 rings (SSSR count). The summed E-state index contributed by atoms with van der Waals surface area (Å²) in [6.07, 6.45) is 0. The summed E-state index contributed by atoms with van der Waals surface area (Å²) in [5.41, 5.74) is 6.37. The molecule has 0 unspecified atom stereocenters. The lowest BCUT2D eigenvalue weighted by molar-refractivity contribution is 0.392. The van der Waals surface area contributed by atoms with E-state index in [2.05, 4.69) is 20.3 Å². The summed E-state index contributed by atoms with van der Waals surface area (Å²) in [7, 11) is 1.49. The van der Waals surface area contributed by atoms with Crippen LogP contribution in [0.2, 0.25) is 0 Å². The molecule has 0 atom stereocenters. The first kappa shape index (κ1) is 13.0. The highest BCUT2D eigenvalue weighted by Crippen LogP contribution is 2.25. The molecule has 0 fully saturated rings. The minimum atomic E-state index is -0.536. The van der Waals surface area contributed by atoms with Crippen molar-refractivity contribution in [3.63, 3.8) is 0 Å². The van der Waals surface area contributed by atoms with Gasteiger partial charge in [0.05, 0.1) is 12.7 Å². The Morgan fingerprint density at radius 2 is 2.05 bits per heavy atom. The Kier molecular flexibility index (Phi) is 3.19. The summed E-state index contributed by atoms with van der Waals surface area (Å²) in [6.45, 7) is 0. The van der Waals surface area contributed by atoms with Gasteiger partial charge in [0.2, 0.25) is 11.7 Å². The van der Waals surface area contributed by atoms with Gasteiger partial charge in [-0.2, -0.15) is 4.98 Å². The van der Waals surface area contributed by atoms with E-state index in [0.29, 0.717) is 17.3 Å². The fraction of sp³-hybridized carbons (Fsp3) is 0.0769. The molecule has 0 radical (unpaired) electrons. The molecule has 3 aromatic rings. The van der Waals surface area contributed by atoms with Gasteiger partial charge in [0.25, 0.3) is 5.89 Å². The number of nitrogens with two attached hydrogens (primary N) is 1. The Balaban J connectivity index is 1.95. The monoisotopic (exact) mass is 287 g/mol. The number of nitrogen functional groups attached to an aromatic ring is 1. The van der Waals surface area contributed by atoms with E-state index in [0.717, 1.165) is 0 Å². The molecule has 0 spiro atoms. The predicted molar refractivity (Wildman–Crippen MR) is 71.7 cm³/mol. The number of hydrogen-bond donors (Lipinski definition) is 1. The summed E-state index contributed by atoms with van der Waals surface area (Å²) in [5.74, 6) is 0.0783. The minimum absolute atomic E-state index is 0.0418. The number of ether oxygens (including phenoxy) is 1. The first-order valence-electron chi connectivity index (χ1n) is 5.94. The van der Waals surface area contributed by atoms with Crippen molar-refractivity contribution in [1.82, 2.24) is 20.3 Å². The van der Waals surface area contributed by atoms with E-state index in [4.69, 9.17) is 15.0 Å². The maximum atomic E-state index is 13.8. The van der Waals surface area contributed by atoms with Gasteiger partial charge in [-0.3, -0.25) is 0 Å². The van der Waals surface area contributed by atoms with Crippen molar-refractivity contribution >= 4 is 5.69 Å². The molecule has 2 heterocycles. The van der Waals surface area contributed by atoms with Crippen LogP contribution in [0.25, 0.3) is 23.0 Å². The van der Waals surface area contributed by atoms with Crippen LogP contribution in [0.4, 0.5) is 10.1 Å². The first-order valence-corrected chi connectivity index (χ1v) is 5.94. The summed E-state index contributed by atoms with van der Waals surface area (Å²) in [4.78, 5) is 4.09. The molecule has 0 aliphatic rings. The van der Waals surface area contributed by atoms with Crippen LogP contribution in [0, 0.1) is 5.82 Å². The lowest BCUT2D eigenvalue weighted by Gasteiger charge is -1.98. The molecular weight excluding hydrogens is 277 g/mol. The van der Waals surface area contributed by atoms with Crippen molar-refractivity contribution in [2.24, 2.45) is 0 Å². The van der Waals surface area contributed by atoms with Crippen LogP contribution in [0.15, 0.2) is 34.9 Å². The van der Waals surface area contributed by atoms with Gasteiger partial charge in [-0.25, -0.2) is 4.39 Å². The molecule has 0 saturated heterocycles. The average molecular weight is 287 g/mol. The van der Waals surface area contributed by atoms with E-state index in [9.17, 15) is 4.39 Å². The smallest absolute Gasteiger partial charge is 0.261 e. The molecule has 1 aromatic carbocycles. The van der Waals surface area contributed by atoms with Gasteiger partial charge in [0.1, 0.15) is 11.5 Å². The molecule has 0 bridgehead atoms. The SMILES string of the molecule is COc1ccc(-c2noc(-c3ccc(N)cc3F)n2)nn1. The van der Waals surface area contributed by atoms with Gasteiger partial charge in [-0.05, 0) is 24.3 Å². The van der Waals surface area contributed by atoms with E-state index in [1.165, 1.54) is 19.2 Å². The molecule has 21 heavy (non-hydrogen) atoms. The van der Waals surface area contributed by atoms with Crippen LogP contribution in [-0.2, 0) is 0 Å². The van der Waals surface area contributed by atoms with Crippen LogP contribution in [0.3, 0.4) is 0 Å². The normalized spacial score (nSPS) is 10.6. The van der Waals surface area contributed by atoms with Crippen LogP contribution < -0.4 is 10.5 Å². The van der Waals surface area contributed by atoms with E-state index >= 15 is 0 Å². The van der Waals surface area contributed by atoms with Crippen molar-refractivity contribution < 1.29 is 13.7 Å². The van der Waals surface area contributed by atoms with Crippen LogP contribution in [-0.4, -0.2) is 27.4 Å². The predicted octanol–water partition coefficient (Wildman–Crippen LogP) is 1.92. The number of benzene rings is 1. The van der Waals surface area contributed by atoms with Crippen molar-refractivity contribution in [1.29, 1.82) is 0 Å². The molecule has 0 saturated carbocycles. The van der Waals surface area contributed by atoms with Crippen LogP contribution in [0.5, 0.6) is 5.88 Å². The van der Waals surface area contributed by atoms with E-state index in [1.54, 1.807) is 18.2 Å². The van der Waals surface area contributed by atoms with Crippen molar-refractivity contribution in [3.8, 4) is 28.9 Å². The Morgan fingerprint density at radius 3 is 2.71 bits per heavy atom. The number of rotatable bonds is 3. The van der Waals surface area contributed by atoms with Gasteiger partial charge < -0.3 is 15.0 Å². The topological polar surface area (TPSA) is 100.0 Å². The van der Waals surface area contributed by atoms with Crippen molar-refractivity contribution in [2.75, 3.05) is 12.8 Å². The highest BCUT2D eigenvalue weighted by Gasteiger charge is 2.15. The van der Waals surface area contributed by atoms with Crippen molar-refractivity contribution in [2.45, 2.75) is 0 Å². The standard InChI is InChI=1S/C13H10FN5O2/c1-20-11-5-4-10(17-18-11)12-16-13(21-19-12)8-3-2-7(15)6-9(8)14/h2-6H,15H2,1H3. The van der Waals surface area contributed by atoms with E-state index < -0.39 is 5.82 Å². The second-order valence-corrected chi connectivity index (χ2v) is 4.12. The number of methoxy groups -OCH3 is 1. The zero-order valence-electron chi connectivity index (χ0n) is 10.9. The number of aromatic nitrogens is 4. The maximum absolute atomic E-state index is 13.8. The number of anilines is 1. The first-order chi connectivity index (χ1) is 10.2. The van der Waals surface area contributed by atoms with Gasteiger partial charge in [-0.1, -0.05) is 5.16 Å². The summed E-state index contributed by atoms with van der Waals surface area (Å²) >= 11 is 0. The molecule has 2 N–H and O–H groups in total.